The fraction of sp³-hybridized carbons (Fsp3) is 0.222. The predicted molar refractivity (Wildman–Crippen MR) is 93.5 cm³/mol. The Morgan fingerprint density at radius 2 is 1.88 bits per heavy atom. The highest BCUT2D eigenvalue weighted by atomic mass is 79.9. The maximum Gasteiger partial charge on any atom is 0.341 e. The van der Waals surface area contributed by atoms with Gasteiger partial charge in [0.05, 0.1) is 5.56 Å². The van der Waals surface area contributed by atoms with Crippen molar-refractivity contribution < 1.29 is 18.7 Å². The van der Waals surface area contributed by atoms with Gasteiger partial charge in [-0.25, -0.2) is 9.18 Å². The molecule has 0 saturated carbocycles. The van der Waals surface area contributed by atoms with E-state index >= 15 is 0 Å². The molecule has 0 aliphatic carbocycles. The molecular weight excluding hydrogens is 377 g/mol. The number of rotatable bonds is 4. The second kappa shape index (κ2) is 7.57. The Balaban J connectivity index is 2.07. The summed E-state index contributed by atoms with van der Waals surface area (Å²) in [6, 6.07) is 9.59. The molecule has 126 valence electrons. The zero-order chi connectivity index (χ0) is 17.9. The van der Waals surface area contributed by atoms with Crippen molar-refractivity contribution in [1.29, 1.82) is 0 Å². The van der Waals surface area contributed by atoms with Crippen LogP contribution in [0.25, 0.3) is 0 Å². The Labute approximate surface area is 148 Å². The first-order chi connectivity index (χ1) is 11.3. The molecule has 0 aromatic heterocycles. The van der Waals surface area contributed by atoms with Crippen LogP contribution in [0.2, 0.25) is 0 Å². The summed E-state index contributed by atoms with van der Waals surface area (Å²) in [5.41, 5.74) is 2.31. The Morgan fingerprint density at radius 1 is 1.17 bits per heavy atom. The van der Waals surface area contributed by atoms with Crippen LogP contribution >= 0.6 is 15.9 Å². The minimum Gasteiger partial charge on any atom is -0.449 e. The topological polar surface area (TPSA) is 55.4 Å². The van der Waals surface area contributed by atoms with E-state index in [9.17, 15) is 14.0 Å². The number of anilines is 1. The summed E-state index contributed by atoms with van der Waals surface area (Å²) >= 11 is 3.17. The number of halogens is 2. The molecule has 0 fully saturated rings. The second-order valence-corrected chi connectivity index (χ2v) is 6.40. The first-order valence-corrected chi connectivity index (χ1v) is 8.11. The molecule has 24 heavy (non-hydrogen) atoms. The van der Waals surface area contributed by atoms with Gasteiger partial charge in [0.2, 0.25) is 0 Å². The summed E-state index contributed by atoms with van der Waals surface area (Å²) in [6.45, 7) is 5.21. The van der Waals surface area contributed by atoms with E-state index in [0.29, 0.717) is 10.2 Å². The van der Waals surface area contributed by atoms with Gasteiger partial charge in [-0.15, -0.1) is 0 Å². The standard InChI is InChI=1S/C18H17BrFNO3/c1-10-4-5-11(2)16(8-10)21-17(22)12(3)24-18(23)14-9-13(19)6-7-15(14)20/h4-9,12H,1-3H3,(H,21,22). The minimum absolute atomic E-state index is 0.226. The third-order valence-corrected chi connectivity index (χ3v) is 3.95. The van der Waals surface area contributed by atoms with Gasteiger partial charge in [-0.2, -0.15) is 0 Å². The zero-order valence-corrected chi connectivity index (χ0v) is 15.1. The predicted octanol–water partition coefficient (Wildman–Crippen LogP) is 4.39. The van der Waals surface area contributed by atoms with Crippen molar-refractivity contribution in [2.45, 2.75) is 26.9 Å². The summed E-state index contributed by atoms with van der Waals surface area (Å²) < 4.78 is 19.3. The molecule has 0 saturated heterocycles. The van der Waals surface area contributed by atoms with Gasteiger partial charge in [-0.3, -0.25) is 4.79 Å². The number of esters is 1. The van der Waals surface area contributed by atoms with Gasteiger partial charge in [-0.05, 0) is 56.2 Å². The molecule has 4 nitrogen and oxygen atoms in total. The number of amides is 1. The largest absolute Gasteiger partial charge is 0.449 e. The summed E-state index contributed by atoms with van der Waals surface area (Å²) in [4.78, 5) is 24.2. The summed E-state index contributed by atoms with van der Waals surface area (Å²) in [5.74, 6) is -2.07. The molecule has 0 radical (unpaired) electrons. The molecular formula is C18H17BrFNO3. The Kier molecular flexibility index (Phi) is 5.72. The zero-order valence-electron chi connectivity index (χ0n) is 13.5. The lowest BCUT2D eigenvalue weighted by atomic mass is 10.1. The fourth-order valence-electron chi connectivity index (χ4n) is 2.04. The van der Waals surface area contributed by atoms with Crippen LogP contribution in [0.4, 0.5) is 10.1 Å². The molecule has 2 rings (SSSR count). The number of benzene rings is 2. The quantitative estimate of drug-likeness (QED) is 0.783. The first kappa shape index (κ1) is 18.1. The van der Waals surface area contributed by atoms with Crippen LogP contribution in [0.15, 0.2) is 40.9 Å². The average Bonchev–Trinajstić information content (AvgIpc) is 2.53. The molecule has 1 atom stereocenters. The third kappa shape index (κ3) is 4.41. The van der Waals surface area contributed by atoms with E-state index in [1.54, 1.807) is 0 Å². The van der Waals surface area contributed by atoms with E-state index < -0.39 is 23.8 Å². The molecule has 1 amide bonds. The average molecular weight is 394 g/mol. The second-order valence-electron chi connectivity index (χ2n) is 5.48. The molecule has 0 bridgehead atoms. The van der Waals surface area contributed by atoms with Gasteiger partial charge in [0.1, 0.15) is 5.82 Å². The van der Waals surface area contributed by atoms with Crippen molar-refractivity contribution in [3.63, 3.8) is 0 Å². The van der Waals surface area contributed by atoms with Crippen molar-refractivity contribution in [1.82, 2.24) is 0 Å². The maximum absolute atomic E-state index is 13.7. The molecule has 2 aromatic rings. The number of nitrogens with one attached hydrogen (secondary N) is 1. The number of ether oxygens (including phenoxy) is 1. The Morgan fingerprint density at radius 3 is 2.58 bits per heavy atom. The lowest BCUT2D eigenvalue weighted by Gasteiger charge is -2.15. The molecule has 1 unspecified atom stereocenters. The van der Waals surface area contributed by atoms with Crippen molar-refractivity contribution >= 4 is 33.5 Å². The molecule has 0 aliphatic rings. The monoisotopic (exact) mass is 393 g/mol. The van der Waals surface area contributed by atoms with E-state index in [-0.39, 0.29) is 5.56 Å². The third-order valence-electron chi connectivity index (χ3n) is 3.45. The van der Waals surface area contributed by atoms with E-state index in [0.717, 1.165) is 17.2 Å². The SMILES string of the molecule is Cc1ccc(C)c(NC(=O)C(C)OC(=O)c2cc(Br)ccc2F)c1. The van der Waals surface area contributed by atoms with E-state index in [4.69, 9.17) is 4.74 Å². The van der Waals surface area contributed by atoms with Crippen molar-refractivity contribution in [2.24, 2.45) is 0 Å². The van der Waals surface area contributed by atoms with Crippen LogP contribution in [0.3, 0.4) is 0 Å². The van der Waals surface area contributed by atoms with Crippen LogP contribution in [-0.4, -0.2) is 18.0 Å². The highest BCUT2D eigenvalue weighted by molar-refractivity contribution is 9.10. The highest BCUT2D eigenvalue weighted by Crippen LogP contribution is 2.19. The van der Waals surface area contributed by atoms with Crippen LogP contribution in [0, 0.1) is 19.7 Å². The smallest absolute Gasteiger partial charge is 0.341 e. The van der Waals surface area contributed by atoms with Gasteiger partial charge in [0.15, 0.2) is 6.10 Å². The molecule has 0 heterocycles. The lowest BCUT2D eigenvalue weighted by Crippen LogP contribution is -2.30. The normalized spacial score (nSPS) is 11.7. The van der Waals surface area contributed by atoms with Gasteiger partial charge in [0.25, 0.3) is 5.91 Å². The summed E-state index contributed by atoms with van der Waals surface area (Å²) in [6.07, 6.45) is -1.06. The Hall–Kier alpha value is -2.21. The molecule has 0 aliphatic heterocycles. The molecule has 0 spiro atoms. The van der Waals surface area contributed by atoms with Gasteiger partial charge in [0, 0.05) is 10.2 Å². The van der Waals surface area contributed by atoms with E-state index in [1.165, 1.54) is 19.1 Å². The Bertz CT molecular complexity index is 792. The van der Waals surface area contributed by atoms with Crippen molar-refractivity contribution in [3.8, 4) is 0 Å². The molecule has 1 N–H and O–H groups in total. The number of carbonyl (C=O) groups excluding carboxylic acids is 2. The van der Waals surface area contributed by atoms with E-state index in [2.05, 4.69) is 21.2 Å². The first-order valence-electron chi connectivity index (χ1n) is 7.32. The number of hydrogen-bond donors (Lipinski definition) is 1. The molecule has 6 heteroatoms. The van der Waals surface area contributed by atoms with Gasteiger partial charge < -0.3 is 10.1 Å². The van der Waals surface area contributed by atoms with Crippen LogP contribution in [-0.2, 0) is 9.53 Å². The van der Waals surface area contributed by atoms with Crippen molar-refractivity contribution in [3.05, 3.63) is 63.4 Å². The van der Waals surface area contributed by atoms with Crippen LogP contribution < -0.4 is 5.32 Å². The van der Waals surface area contributed by atoms with Crippen LogP contribution in [0.5, 0.6) is 0 Å². The van der Waals surface area contributed by atoms with E-state index in [1.807, 2.05) is 32.0 Å². The van der Waals surface area contributed by atoms with Crippen molar-refractivity contribution in [2.75, 3.05) is 5.32 Å². The number of aryl methyl sites for hydroxylation is 2. The van der Waals surface area contributed by atoms with Crippen LogP contribution in [0.1, 0.15) is 28.4 Å². The number of carbonyl (C=O) groups is 2. The maximum atomic E-state index is 13.7. The lowest BCUT2D eigenvalue weighted by molar-refractivity contribution is -0.123. The fourth-order valence-corrected chi connectivity index (χ4v) is 2.40. The summed E-state index contributed by atoms with van der Waals surface area (Å²) in [5, 5.41) is 2.71. The highest BCUT2D eigenvalue weighted by Gasteiger charge is 2.21. The summed E-state index contributed by atoms with van der Waals surface area (Å²) in [7, 11) is 0. The minimum atomic E-state index is -1.06. The molecule has 2 aromatic carbocycles. The van der Waals surface area contributed by atoms with Gasteiger partial charge in [-0.1, -0.05) is 28.1 Å². The number of hydrogen-bond acceptors (Lipinski definition) is 3. The van der Waals surface area contributed by atoms with Gasteiger partial charge >= 0.3 is 5.97 Å².